The molecule has 0 atom stereocenters. The van der Waals surface area contributed by atoms with Crippen LogP contribution in [0.25, 0.3) is 6.08 Å². The van der Waals surface area contributed by atoms with Gasteiger partial charge in [-0.25, -0.2) is 0 Å². The molecule has 0 fully saturated rings. The maximum atomic E-state index is 12.1. The number of anilines is 1. The van der Waals surface area contributed by atoms with E-state index in [1.807, 2.05) is 18.2 Å². The number of amides is 1. The number of nitrogens with one attached hydrogen (secondary N) is 1. The van der Waals surface area contributed by atoms with Gasteiger partial charge in [-0.3, -0.25) is 4.79 Å². The molecule has 0 aromatic heterocycles. The molecule has 5 heteroatoms. The molecule has 0 heterocycles. The molecule has 0 aliphatic rings. The molecule has 2 aromatic rings. The summed E-state index contributed by atoms with van der Waals surface area (Å²) >= 11 is 0. The average Bonchev–Trinajstić information content (AvgIpc) is 2.67. The van der Waals surface area contributed by atoms with E-state index in [0.29, 0.717) is 29.7 Å². The highest BCUT2D eigenvalue weighted by Crippen LogP contribution is 2.29. The van der Waals surface area contributed by atoms with Gasteiger partial charge < -0.3 is 19.5 Å². The van der Waals surface area contributed by atoms with Gasteiger partial charge in [0, 0.05) is 11.8 Å². The molecule has 0 unspecified atom stereocenters. The van der Waals surface area contributed by atoms with Gasteiger partial charge in [-0.2, -0.15) is 0 Å². The van der Waals surface area contributed by atoms with Gasteiger partial charge in [0.2, 0.25) is 5.91 Å². The predicted octanol–water partition coefficient (Wildman–Crippen LogP) is 4.78. The Hall–Kier alpha value is -2.95. The van der Waals surface area contributed by atoms with Gasteiger partial charge in [-0.05, 0) is 60.4 Å². The summed E-state index contributed by atoms with van der Waals surface area (Å²) in [5.74, 6) is 2.47. The predicted molar refractivity (Wildman–Crippen MR) is 109 cm³/mol. The van der Waals surface area contributed by atoms with Gasteiger partial charge in [0.05, 0.1) is 20.8 Å². The monoisotopic (exact) mass is 369 g/mol. The number of ether oxygens (including phenoxy) is 3. The molecular weight excluding hydrogens is 342 g/mol. The second kappa shape index (κ2) is 10.3. The fraction of sp³-hybridized carbons (Fsp3) is 0.318. The second-order valence-electron chi connectivity index (χ2n) is 6.49. The molecule has 0 saturated heterocycles. The van der Waals surface area contributed by atoms with Gasteiger partial charge in [0.15, 0.2) is 11.5 Å². The third-order valence-corrected chi connectivity index (χ3v) is 3.93. The molecule has 0 bridgehead atoms. The first-order valence-electron chi connectivity index (χ1n) is 8.95. The number of methoxy groups -OCH3 is 2. The second-order valence-corrected chi connectivity index (χ2v) is 6.49. The molecule has 144 valence electrons. The van der Waals surface area contributed by atoms with Crippen molar-refractivity contribution in [3.05, 3.63) is 54.1 Å². The van der Waals surface area contributed by atoms with Crippen molar-refractivity contribution in [3.63, 3.8) is 0 Å². The van der Waals surface area contributed by atoms with E-state index >= 15 is 0 Å². The van der Waals surface area contributed by atoms with Gasteiger partial charge in [-0.15, -0.1) is 0 Å². The van der Waals surface area contributed by atoms with Crippen LogP contribution >= 0.6 is 0 Å². The first kappa shape index (κ1) is 20.4. The summed E-state index contributed by atoms with van der Waals surface area (Å²) in [5, 5.41) is 2.80. The summed E-state index contributed by atoms with van der Waals surface area (Å²) in [6, 6.07) is 12.8. The minimum atomic E-state index is -0.212. The fourth-order valence-electron chi connectivity index (χ4n) is 2.34. The Balaban J connectivity index is 1.97. The Morgan fingerprint density at radius 3 is 2.41 bits per heavy atom. The number of carbonyl (C=O) groups excluding carboxylic acids is 1. The van der Waals surface area contributed by atoms with Crippen LogP contribution in [-0.2, 0) is 4.79 Å². The van der Waals surface area contributed by atoms with E-state index in [1.165, 1.54) is 6.08 Å². The lowest BCUT2D eigenvalue weighted by molar-refractivity contribution is -0.111. The standard InChI is InChI=1S/C22H27NO4/c1-16(2)13-14-27-20-11-5-17(15-21(20)26-4)6-12-22(24)23-18-7-9-19(25-3)10-8-18/h5-12,15-16H,13-14H2,1-4H3,(H,23,24). The SMILES string of the molecule is COc1ccc(NC(=O)C=Cc2ccc(OCCC(C)C)c(OC)c2)cc1. The van der Waals surface area contributed by atoms with E-state index < -0.39 is 0 Å². The van der Waals surface area contributed by atoms with Crippen LogP contribution in [-0.4, -0.2) is 26.7 Å². The van der Waals surface area contributed by atoms with Crippen LogP contribution in [0.15, 0.2) is 48.5 Å². The van der Waals surface area contributed by atoms with Crippen molar-refractivity contribution in [1.29, 1.82) is 0 Å². The highest BCUT2D eigenvalue weighted by atomic mass is 16.5. The zero-order valence-electron chi connectivity index (χ0n) is 16.3. The summed E-state index contributed by atoms with van der Waals surface area (Å²) in [7, 11) is 3.21. The van der Waals surface area contributed by atoms with Gasteiger partial charge in [0.1, 0.15) is 5.75 Å². The average molecular weight is 369 g/mol. The molecular formula is C22H27NO4. The molecule has 2 aromatic carbocycles. The number of benzene rings is 2. The zero-order valence-corrected chi connectivity index (χ0v) is 16.3. The Bertz CT molecular complexity index is 766. The third kappa shape index (κ3) is 6.70. The van der Waals surface area contributed by atoms with E-state index in [4.69, 9.17) is 14.2 Å². The topological polar surface area (TPSA) is 56.8 Å². The van der Waals surface area contributed by atoms with Crippen LogP contribution in [0.1, 0.15) is 25.8 Å². The normalized spacial score (nSPS) is 10.9. The quantitative estimate of drug-likeness (QED) is 0.646. The van der Waals surface area contributed by atoms with Crippen molar-refractivity contribution >= 4 is 17.7 Å². The number of hydrogen-bond acceptors (Lipinski definition) is 4. The Kier molecular flexibility index (Phi) is 7.74. The van der Waals surface area contributed by atoms with E-state index in [2.05, 4.69) is 19.2 Å². The Morgan fingerprint density at radius 1 is 1.04 bits per heavy atom. The first-order valence-corrected chi connectivity index (χ1v) is 8.95. The summed E-state index contributed by atoms with van der Waals surface area (Å²) in [6.07, 6.45) is 4.20. The van der Waals surface area contributed by atoms with E-state index in [0.717, 1.165) is 17.7 Å². The van der Waals surface area contributed by atoms with Crippen LogP contribution in [0.3, 0.4) is 0 Å². The molecule has 0 aliphatic heterocycles. The van der Waals surface area contributed by atoms with Crippen molar-refractivity contribution in [2.75, 3.05) is 26.1 Å². The number of hydrogen-bond donors (Lipinski definition) is 1. The molecule has 0 aliphatic carbocycles. The smallest absolute Gasteiger partial charge is 0.248 e. The number of carbonyl (C=O) groups is 1. The van der Waals surface area contributed by atoms with Crippen molar-refractivity contribution < 1.29 is 19.0 Å². The van der Waals surface area contributed by atoms with Crippen molar-refractivity contribution in [2.45, 2.75) is 20.3 Å². The third-order valence-electron chi connectivity index (χ3n) is 3.93. The van der Waals surface area contributed by atoms with Crippen LogP contribution in [0.2, 0.25) is 0 Å². The summed E-state index contributed by atoms with van der Waals surface area (Å²) in [6.45, 7) is 4.96. The fourth-order valence-corrected chi connectivity index (χ4v) is 2.34. The molecule has 1 N–H and O–H groups in total. The van der Waals surface area contributed by atoms with Crippen molar-refractivity contribution in [1.82, 2.24) is 0 Å². The minimum absolute atomic E-state index is 0.212. The lowest BCUT2D eigenvalue weighted by Gasteiger charge is -2.12. The molecule has 0 saturated carbocycles. The van der Waals surface area contributed by atoms with Crippen LogP contribution in [0.5, 0.6) is 17.2 Å². The van der Waals surface area contributed by atoms with Crippen LogP contribution in [0, 0.1) is 5.92 Å². The van der Waals surface area contributed by atoms with Gasteiger partial charge in [0.25, 0.3) is 0 Å². The zero-order chi connectivity index (χ0) is 19.6. The molecule has 27 heavy (non-hydrogen) atoms. The van der Waals surface area contributed by atoms with Crippen LogP contribution in [0.4, 0.5) is 5.69 Å². The Labute approximate surface area is 161 Å². The molecule has 5 nitrogen and oxygen atoms in total. The minimum Gasteiger partial charge on any atom is -0.497 e. The van der Waals surface area contributed by atoms with Crippen molar-refractivity contribution in [3.8, 4) is 17.2 Å². The molecule has 0 spiro atoms. The summed E-state index contributed by atoms with van der Waals surface area (Å²) in [5.41, 5.74) is 1.56. The van der Waals surface area contributed by atoms with E-state index in [9.17, 15) is 4.79 Å². The molecule has 0 radical (unpaired) electrons. The summed E-state index contributed by atoms with van der Waals surface area (Å²) < 4.78 is 16.3. The highest BCUT2D eigenvalue weighted by Gasteiger charge is 2.06. The molecule has 2 rings (SSSR count). The molecule has 1 amide bonds. The maximum Gasteiger partial charge on any atom is 0.248 e. The lowest BCUT2D eigenvalue weighted by atomic mass is 10.1. The maximum absolute atomic E-state index is 12.1. The largest absolute Gasteiger partial charge is 0.497 e. The first-order chi connectivity index (χ1) is 13.0. The van der Waals surface area contributed by atoms with Gasteiger partial charge in [-0.1, -0.05) is 19.9 Å². The Morgan fingerprint density at radius 2 is 1.78 bits per heavy atom. The van der Waals surface area contributed by atoms with Crippen LogP contribution < -0.4 is 19.5 Å². The number of rotatable bonds is 9. The lowest BCUT2D eigenvalue weighted by Crippen LogP contribution is -2.07. The van der Waals surface area contributed by atoms with E-state index in [1.54, 1.807) is 44.6 Å². The van der Waals surface area contributed by atoms with E-state index in [-0.39, 0.29) is 5.91 Å². The van der Waals surface area contributed by atoms with Crippen molar-refractivity contribution in [2.24, 2.45) is 5.92 Å². The summed E-state index contributed by atoms with van der Waals surface area (Å²) in [4.78, 5) is 12.1. The highest BCUT2D eigenvalue weighted by molar-refractivity contribution is 6.01. The van der Waals surface area contributed by atoms with Gasteiger partial charge >= 0.3 is 0 Å².